The highest BCUT2D eigenvalue weighted by Crippen LogP contribution is 2.33. The first-order chi connectivity index (χ1) is 43.4. The van der Waals surface area contributed by atoms with Gasteiger partial charge in [0.1, 0.15) is 6.61 Å². The number of benzene rings is 1. The summed E-state index contributed by atoms with van der Waals surface area (Å²) in [5.74, 6) is 7.80. The van der Waals surface area contributed by atoms with Gasteiger partial charge in [-0.1, -0.05) is 25.0 Å². The van der Waals surface area contributed by atoms with Gasteiger partial charge in [0.15, 0.2) is 11.5 Å². The van der Waals surface area contributed by atoms with Gasteiger partial charge < -0.3 is 29.1 Å². The summed E-state index contributed by atoms with van der Waals surface area (Å²) in [6.07, 6.45) is 29.2. The molecule has 1 unspecified atom stereocenters. The smallest absolute Gasteiger partial charge is 0.252 e. The SMILES string of the molecule is C#CCOc1ccc(CN2CCCC(c3cc(=O)[nH]c(N4CCCCC4)n3)C2)cc1OC.CCc1ccc(CN2CCC(c3cc(=O)[nH]c(N4CCCCC4)n3)CC2)cn1.CN(C)c1ncc(CN2CCC(c3cc(=O)[nH]c(N4CCCCC4)n3)CC2)cn1. The summed E-state index contributed by atoms with van der Waals surface area (Å²) in [6, 6.07) is 15.4. The molecule has 89 heavy (non-hydrogen) atoms. The number of anilines is 4. The van der Waals surface area contributed by atoms with E-state index in [-0.39, 0.29) is 29.2 Å². The van der Waals surface area contributed by atoms with Crippen LogP contribution in [-0.2, 0) is 26.1 Å². The summed E-state index contributed by atoms with van der Waals surface area (Å²) in [7, 11) is 5.52. The van der Waals surface area contributed by atoms with E-state index in [2.05, 4.69) is 90.3 Å². The van der Waals surface area contributed by atoms with Crippen molar-refractivity contribution in [3.8, 4) is 23.8 Å². The number of nitrogens with zero attached hydrogens (tertiary/aromatic N) is 13. The van der Waals surface area contributed by atoms with Crippen LogP contribution in [0.2, 0.25) is 0 Å². The summed E-state index contributed by atoms with van der Waals surface area (Å²) in [5, 5.41) is 0. The largest absolute Gasteiger partial charge is 0.493 e. The Morgan fingerprint density at radius 3 is 1.43 bits per heavy atom. The summed E-state index contributed by atoms with van der Waals surface area (Å²) in [6.45, 7) is 16.8. The first-order valence-electron chi connectivity index (χ1n) is 32.9. The molecule has 1 atom stereocenters. The van der Waals surface area contributed by atoms with Crippen LogP contribution in [0.25, 0.3) is 0 Å². The van der Waals surface area contributed by atoms with Crippen LogP contribution in [0, 0.1) is 12.3 Å². The van der Waals surface area contributed by atoms with Gasteiger partial charge in [0.05, 0.1) is 24.2 Å². The molecule has 6 saturated heterocycles. The van der Waals surface area contributed by atoms with E-state index in [0.717, 1.165) is 214 Å². The van der Waals surface area contributed by atoms with E-state index in [1.54, 1.807) is 25.3 Å². The molecule has 1 aromatic carbocycles. The molecule has 0 amide bonds. The Bertz CT molecular complexity index is 3390. The summed E-state index contributed by atoms with van der Waals surface area (Å²) < 4.78 is 11.0. The number of H-pyrrole nitrogens is 3. The van der Waals surface area contributed by atoms with Crippen molar-refractivity contribution >= 4 is 23.8 Å². The molecule has 21 heteroatoms. The first kappa shape index (κ1) is 64.3. The van der Waals surface area contributed by atoms with Crippen LogP contribution in [0.1, 0.15) is 160 Å². The van der Waals surface area contributed by atoms with Crippen LogP contribution in [0.5, 0.6) is 11.5 Å². The molecular weight excluding hydrogens is 1120 g/mol. The van der Waals surface area contributed by atoms with E-state index in [9.17, 15) is 14.4 Å². The van der Waals surface area contributed by atoms with Gasteiger partial charge in [0.25, 0.3) is 16.7 Å². The average Bonchev–Trinajstić information content (AvgIpc) is 3.64. The minimum Gasteiger partial charge on any atom is -0.493 e. The summed E-state index contributed by atoms with van der Waals surface area (Å²) >= 11 is 0. The van der Waals surface area contributed by atoms with Gasteiger partial charge >= 0.3 is 0 Å². The molecule has 6 aliphatic heterocycles. The Labute approximate surface area is 525 Å². The van der Waals surface area contributed by atoms with Gasteiger partial charge in [-0.25, -0.2) is 24.9 Å². The van der Waals surface area contributed by atoms with Crippen LogP contribution in [0.3, 0.4) is 0 Å². The lowest BCUT2D eigenvalue weighted by atomic mass is 9.93. The van der Waals surface area contributed by atoms with Crippen molar-refractivity contribution < 1.29 is 9.47 Å². The molecule has 6 aromatic rings. The van der Waals surface area contributed by atoms with Crippen LogP contribution >= 0.6 is 0 Å². The number of terminal acetylenes is 1. The Morgan fingerprint density at radius 2 is 0.978 bits per heavy atom. The van der Waals surface area contributed by atoms with Crippen LogP contribution < -0.4 is 45.8 Å². The molecule has 6 fully saturated rings. The second-order valence-electron chi connectivity index (χ2n) is 25.1. The molecule has 0 spiro atoms. The van der Waals surface area contributed by atoms with Crippen molar-refractivity contribution in [1.29, 1.82) is 0 Å². The standard InChI is InChI=1S/C25H32N4O3.C22H31N5O.C21H31N7O/c1-3-14-32-22-10-9-19(15-23(22)31-2)17-28-11-7-8-20(18-28)21-16-24(30)27-25(26-21)29-12-5-4-6-13-29;1-2-19-7-6-17(15-23-19)16-26-12-8-18(9-13-26)20-14-21(28)25-22(24-20)27-10-4-3-5-11-27;1-26(2)20-22-13-16(14-23-20)15-27-10-6-17(7-11-27)18-12-19(29)25-21(24-18)28-8-4-3-5-9-28/h1,9-10,15-16,20H,4-8,11-14,17-18H2,2H3,(H,26,27,30);6-7,14-15,18H,2-5,8-13,16H2,1H3,(H,24,25,28);12-14,17H,3-11,15H2,1-2H3,(H,24,25,29). The number of aromatic nitrogens is 9. The molecule has 476 valence electrons. The maximum Gasteiger partial charge on any atom is 0.252 e. The highest BCUT2D eigenvalue weighted by molar-refractivity contribution is 5.43. The molecule has 11 heterocycles. The molecule has 5 aromatic heterocycles. The third-order valence-corrected chi connectivity index (χ3v) is 18.2. The fourth-order valence-electron chi connectivity index (χ4n) is 13.2. The van der Waals surface area contributed by atoms with E-state index in [0.29, 0.717) is 23.3 Å². The third-order valence-electron chi connectivity index (χ3n) is 18.2. The predicted octanol–water partition coefficient (Wildman–Crippen LogP) is 8.25. The number of methoxy groups -OCH3 is 1. The number of rotatable bonds is 17. The van der Waals surface area contributed by atoms with Gasteiger partial charge in [0, 0.05) is 145 Å². The second-order valence-corrected chi connectivity index (χ2v) is 25.1. The minimum absolute atomic E-state index is 0.0184. The Hall–Kier alpha value is -7.67. The fraction of sp³-hybridized carbons (Fsp3) is 0.574. The molecule has 0 bridgehead atoms. The van der Waals surface area contributed by atoms with E-state index in [1.165, 1.54) is 50.5 Å². The topological polar surface area (TPSA) is 217 Å². The zero-order valence-corrected chi connectivity index (χ0v) is 53.1. The van der Waals surface area contributed by atoms with Gasteiger partial charge in [0.2, 0.25) is 23.8 Å². The first-order valence-corrected chi connectivity index (χ1v) is 32.9. The molecule has 0 saturated carbocycles. The highest BCUT2D eigenvalue weighted by atomic mass is 16.5. The van der Waals surface area contributed by atoms with E-state index in [1.807, 2.05) is 49.7 Å². The molecular formula is C68H94N16O5. The highest BCUT2D eigenvalue weighted by Gasteiger charge is 2.28. The average molecular weight is 1220 g/mol. The number of likely N-dealkylation sites (tertiary alicyclic amines) is 3. The number of ether oxygens (including phenoxy) is 2. The molecule has 0 radical (unpaired) electrons. The number of piperidine rings is 6. The number of aryl methyl sites for hydroxylation is 1. The molecule has 6 aliphatic rings. The van der Waals surface area contributed by atoms with Gasteiger partial charge in [-0.05, 0) is 165 Å². The normalized spacial score (nSPS) is 19.1. The number of nitrogens with one attached hydrogen (secondary N) is 3. The van der Waals surface area contributed by atoms with Crippen molar-refractivity contribution in [1.82, 2.24) is 59.6 Å². The van der Waals surface area contributed by atoms with E-state index in [4.69, 9.17) is 30.8 Å². The third kappa shape index (κ3) is 18.5. The van der Waals surface area contributed by atoms with Gasteiger partial charge in [-0.3, -0.25) is 49.0 Å². The van der Waals surface area contributed by atoms with Gasteiger partial charge in [-0.15, -0.1) is 6.42 Å². The molecule has 3 N–H and O–H groups in total. The van der Waals surface area contributed by atoms with Crippen LogP contribution in [-0.4, -0.2) is 166 Å². The van der Waals surface area contributed by atoms with Crippen molar-refractivity contribution in [3.05, 3.63) is 138 Å². The lowest BCUT2D eigenvalue weighted by Gasteiger charge is -2.33. The quantitative estimate of drug-likeness (QED) is 0.0733. The van der Waals surface area contributed by atoms with Crippen LogP contribution in [0.15, 0.2) is 81.5 Å². The number of hydrogen-bond donors (Lipinski definition) is 3. The second kappa shape index (κ2) is 32.2. The lowest BCUT2D eigenvalue weighted by molar-refractivity contribution is 0.198. The van der Waals surface area contributed by atoms with Crippen molar-refractivity contribution in [2.75, 3.05) is 126 Å². The van der Waals surface area contributed by atoms with Crippen LogP contribution in [0.4, 0.5) is 23.8 Å². The fourth-order valence-corrected chi connectivity index (χ4v) is 13.2. The van der Waals surface area contributed by atoms with Gasteiger partial charge in [-0.2, -0.15) is 0 Å². The Morgan fingerprint density at radius 1 is 0.517 bits per heavy atom. The van der Waals surface area contributed by atoms with E-state index >= 15 is 0 Å². The number of hydrogen-bond acceptors (Lipinski definition) is 18. The van der Waals surface area contributed by atoms with Crippen molar-refractivity contribution in [2.24, 2.45) is 0 Å². The van der Waals surface area contributed by atoms with Crippen molar-refractivity contribution in [3.63, 3.8) is 0 Å². The summed E-state index contributed by atoms with van der Waals surface area (Å²) in [5.41, 5.74) is 7.44. The summed E-state index contributed by atoms with van der Waals surface area (Å²) in [4.78, 5) is 89.5. The molecule has 0 aliphatic carbocycles. The Kier molecular flexibility index (Phi) is 23.3. The maximum absolute atomic E-state index is 12.4. The zero-order valence-electron chi connectivity index (χ0n) is 53.1. The van der Waals surface area contributed by atoms with E-state index < -0.39 is 0 Å². The zero-order chi connectivity index (χ0) is 61.9. The molecule has 21 nitrogen and oxygen atoms in total. The maximum atomic E-state index is 12.4. The monoisotopic (exact) mass is 1210 g/mol. The molecule has 12 rings (SSSR count). The van der Waals surface area contributed by atoms with Crippen molar-refractivity contribution in [2.45, 2.75) is 147 Å². The lowest BCUT2D eigenvalue weighted by Crippen LogP contribution is -2.36. The number of pyridine rings is 1. The predicted molar refractivity (Wildman–Crippen MR) is 352 cm³/mol. The Balaban J connectivity index is 0.000000147. The number of aromatic amines is 3. The minimum atomic E-state index is -0.0556.